The van der Waals surface area contributed by atoms with E-state index < -0.39 is 0 Å². The van der Waals surface area contributed by atoms with Gasteiger partial charge >= 0.3 is 0 Å². The minimum Gasteiger partial charge on any atom is -0.492 e. The summed E-state index contributed by atoms with van der Waals surface area (Å²) in [5.74, 6) is 0.878. The molecule has 0 heterocycles. The van der Waals surface area contributed by atoms with Crippen LogP contribution in [-0.4, -0.2) is 13.2 Å². The second kappa shape index (κ2) is 7.56. The predicted octanol–water partition coefficient (Wildman–Crippen LogP) is 5.09. The average Bonchev–Trinajstić information content (AvgIpc) is 2.42. The molecule has 2 rings (SSSR count). The van der Waals surface area contributed by atoms with Crippen LogP contribution >= 0.6 is 31.9 Å². The molecule has 0 aliphatic heterocycles. The first-order valence-electron chi connectivity index (χ1n) is 6.12. The lowest BCUT2D eigenvalue weighted by molar-refractivity contribution is 0.313. The van der Waals surface area contributed by atoms with Gasteiger partial charge in [-0.25, -0.2) is 0 Å². The third-order valence-corrected chi connectivity index (χ3v) is 3.69. The molecule has 100 valence electrons. The molecule has 0 amide bonds. The van der Waals surface area contributed by atoms with Crippen molar-refractivity contribution in [2.45, 2.75) is 6.42 Å². The van der Waals surface area contributed by atoms with Gasteiger partial charge in [-0.1, -0.05) is 34.1 Å². The molecule has 0 radical (unpaired) electrons. The molecular formula is C15H15Br2NO. The quantitative estimate of drug-likeness (QED) is 0.700. The maximum Gasteiger partial charge on any atom is 0.133 e. The summed E-state index contributed by atoms with van der Waals surface area (Å²) >= 11 is 6.90. The number of benzene rings is 2. The fraction of sp³-hybridized carbons (Fsp3) is 0.200. The Balaban J connectivity index is 1.69. The lowest BCUT2D eigenvalue weighted by atomic mass is 10.3. The van der Waals surface area contributed by atoms with Crippen molar-refractivity contribution >= 4 is 37.5 Å². The zero-order chi connectivity index (χ0) is 13.5. The monoisotopic (exact) mass is 383 g/mol. The number of hydrogen-bond donors (Lipinski definition) is 1. The summed E-state index contributed by atoms with van der Waals surface area (Å²) in [7, 11) is 0. The SMILES string of the molecule is Brc1ccc(OCCCNc2ccccc2)c(Br)c1. The molecule has 2 aromatic carbocycles. The topological polar surface area (TPSA) is 21.3 Å². The summed E-state index contributed by atoms with van der Waals surface area (Å²) in [5.41, 5.74) is 1.15. The van der Waals surface area contributed by atoms with E-state index in [9.17, 15) is 0 Å². The summed E-state index contributed by atoms with van der Waals surface area (Å²) in [6, 6.07) is 16.1. The molecule has 4 heteroatoms. The zero-order valence-electron chi connectivity index (χ0n) is 10.4. The first-order chi connectivity index (χ1) is 9.25. The van der Waals surface area contributed by atoms with Crippen molar-refractivity contribution in [1.82, 2.24) is 0 Å². The van der Waals surface area contributed by atoms with Crippen LogP contribution in [0, 0.1) is 0 Å². The highest BCUT2D eigenvalue weighted by Gasteiger charge is 2.01. The van der Waals surface area contributed by atoms with Gasteiger partial charge in [-0.05, 0) is 52.7 Å². The van der Waals surface area contributed by atoms with Crippen molar-refractivity contribution < 1.29 is 4.74 Å². The van der Waals surface area contributed by atoms with Gasteiger partial charge in [-0.3, -0.25) is 0 Å². The van der Waals surface area contributed by atoms with Crippen LogP contribution in [-0.2, 0) is 0 Å². The summed E-state index contributed by atoms with van der Waals surface area (Å²) in [6.45, 7) is 1.60. The normalized spacial score (nSPS) is 10.2. The van der Waals surface area contributed by atoms with E-state index in [2.05, 4.69) is 49.3 Å². The van der Waals surface area contributed by atoms with E-state index in [1.807, 2.05) is 36.4 Å². The van der Waals surface area contributed by atoms with E-state index in [1.54, 1.807) is 0 Å². The van der Waals surface area contributed by atoms with Crippen LogP contribution in [0.25, 0.3) is 0 Å². The summed E-state index contributed by atoms with van der Waals surface area (Å²) in [4.78, 5) is 0. The van der Waals surface area contributed by atoms with Crippen LogP contribution < -0.4 is 10.1 Å². The van der Waals surface area contributed by atoms with Gasteiger partial charge in [0, 0.05) is 16.7 Å². The Morgan fingerprint density at radius 1 is 1.00 bits per heavy atom. The molecule has 0 unspecified atom stereocenters. The van der Waals surface area contributed by atoms with E-state index in [-0.39, 0.29) is 0 Å². The highest BCUT2D eigenvalue weighted by molar-refractivity contribution is 9.11. The van der Waals surface area contributed by atoms with Crippen molar-refractivity contribution in [3.05, 3.63) is 57.5 Å². The zero-order valence-corrected chi connectivity index (χ0v) is 13.6. The largest absolute Gasteiger partial charge is 0.492 e. The lowest BCUT2D eigenvalue weighted by Gasteiger charge is -2.09. The van der Waals surface area contributed by atoms with Gasteiger partial charge in [-0.15, -0.1) is 0 Å². The Hall–Kier alpha value is -1.00. The van der Waals surface area contributed by atoms with E-state index in [0.717, 1.165) is 33.3 Å². The molecule has 0 aliphatic rings. The van der Waals surface area contributed by atoms with Crippen molar-refractivity contribution in [3.8, 4) is 5.75 Å². The summed E-state index contributed by atoms with van der Waals surface area (Å²) in [5, 5.41) is 3.36. The minimum absolute atomic E-state index is 0.695. The number of rotatable bonds is 6. The van der Waals surface area contributed by atoms with Crippen molar-refractivity contribution in [1.29, 1.82) is 0 Å². The molecule has 0 aromatic heterocycles. The number of halogens is 2. The third kappa shape index (κ3) is 4.88. The molecule has 0 saturated carbocycles. The molecule has 2 aromatic rings. The molecular weight excluding hydrogens is 370 g/mol. The van der Waals surface area contributed by atoms with Gasteiger partial charge < -0.3 is 10.1 Å². The van der Waals surface area contributed by atoms with Gasteiger partial charge in [0.25, 0.3) is 0 Å². The van der Waals surface area contributed by atoms with Gasteiger partial charge in [0.05, 0.1) is 11.1 Å². The molecule has 0 saturated heterocycles. The summed E-state index contributed by atoms with van der Waals surface area (Å²) < 4.78 is 7.73. The second-order valence-electron chi connectivity index (χ2n) is 4.07. The first kappa shape index (κ1) is 14.4. The molecule has 0 fully saturated rings. The Labute approximate surface area is 130 Å². The lowest BCUT2D eigenvalue weighted by Crippen LogP contribution is -2.07. The standard InChI is InChI=1S/C15H15Br2NO/c16-12-7-8-15(14(17)11-12)19-10-4-9-18-13-5-2-1-3-6-13/h1-3,5-8,11,18H,4,9-10H2. The third-order valence-electron chi connectivity index (χ3n) is 2.58. The minimum atomic E-state index is 0.695. The maximum absolute atomic E-state index is 5.72. The molecule has 1 N–H and O–H groups in total. The molecule has 0 spiro atoms. The number of anilines is 1. The van der Waals surface area contributed by atoms with E-state index >= 15 is 0 Å². The second-order valence-corrected chi connectivity index (χ2v) is 5.84. The van der Waals surface area contributed by atoms with Crippen molar-refractivity contribution in [2.24, 2.45) is 0 Å². The number of nitrogens with one attached hydrogen (secondary N) is 1. The van der Waals surface area contributed by atoms with E-state index in [0.29, 0.717) is 6.61 Å². The number of hydrogen-bond acceptors (Lipinski definition) is 2. The highest BCUT2D eigenvalue weighted by Crippen LogP contribution is 2.28. The van der Waals surface area contributed by atoms with Crippen LogP contribution in [0.15, 0.2) is 57.5 Å². The Morgan fingerprint density at radius 2 is 1.79 bits per heavy atom. The molecule has 19 heavy (non-hydrogen) atoms. The van der Waals surface area contributed by atoms with Gasteiger partial charge in [0.1, 0.15) is 5.75 Å². The van der Waals surface area contributed by atoms with Gasteiger partial charge in [0.2, 0.25) is 0 Å². The first-order valence-corrected chi connectivity index (χ1v) is 7.71. The molecule has 0 aliphatic carbocycles. The van der Waals surface area contributed by atoms with Crippen LogP contribution in [0.3, 0.4) is 0 Å². The Bertz CT molecular complexity index is 517. The molecule has 0 atom stereocenters. The van der Waals surface area contributed by atoms with E-state index in [1.165, 1.54) is 0 Å². The van der Waals surface area contributed by atoms with Crippen LogP contribution in [0.5, 0.6) is 5.75 Å². The number of para-hydroxylation sites is 1. The van der Waals surface area contributed by atoms with Crippen LogP contribution in [0.1, 0.15) is 6.42 Å². The highest BCUT2D eigenvalue weighted by atomic mass is 79.9. The number of ether oxygens (including phenoxy) is 1. The van der Waals surface area contributed by atoms with Gasteiger partial charge in [-0.2, -0.15) is 0 Å². The van der Waals surface area contributed by atoms with E-state index in [4.69, 9.17) is 4.74 Å². The fourth-order valence-corrected chi connectivity index (χ4v) is 2.80. The average molecular weight is 385 g/mol. The fourth-order valence-electron chi connectivity index (χ4n) is 1.64. The smallest absolute Gasteiger partial charge is 0.133 e. The van der Waals surface area contributed by atoms with Crippen LogP contribution in [0.2, 0.25) is 0 Å². The van der Waals surface area contributed by atoms with Crippen LogP contribution in [0.4, 0.5) is 5.69 Å². The molecule has 2 nitrogen and oxygen atoms in total. The predicted molar refractivity (Wildman–Crippen MR) is 86.9 cm³/mol. The Morgan fingerprint density at radius 3 is 2.53 bits per heavy atom. The van der Waals surface area contributed by atoms with Gasteiger partial charge in [0.15, 0.2) is 0 Å². The molecule has 0 bridgehead atoms. The summed E-state index contributed by atoms with van der Waals surface area (Å²) in [6.07, 6.45) is 0.956. The maximum atomic E-state index is 5.72. The Kier molecular flexibility index (Phi) is 5.73. The van der Waals surface area contributed by atoms with Crippen molar-refractivity contribution in [3.63, 3.8) is 0 Å². The van der Waals surface area contributed by atoms with Crippen molar-refractivity contribution in [2.75, 3.05) is 18.5 Å².